The summed E-state index contributed by atoms with van der Waals surface area (Å²) in [6, 6.07) is 19.6. The molecule has 0 aliphatic carbocycles. The molecule has 4 aromatic rings. The lowest BCUT2D eigenvalue weighted by atomic mass is 10.0. The summed E-state index contributed by atoms with van der Waals surface area (Å²) in [5.41, 5.74) is 6.17. The van der Waals surface area contributed by atoms with Crippen molar-refractivity contribution in [2.75, 3.05) is 62.3 Å². The molecule has 2 fully saturated rings. The van der Waals surface area contributed by atoms with E-state index in [0.717, 1.165) is 83.4 Å². The lowest BCUT2D eigenvalue weighted by molar-refractivity contribution is 0.0767. The first-order valence-corrected chi connectivity index (χ1v) is 23.8. The van der Waals surface area contributed by atoms with Crippen molar-refractivity contribution in [2.45, 2.75) is 90.3 Å². The fraction of sp³-hybridized carbons (Fsp3) is 0.524. The van der Waals surface area contributed by atoms with Crippen molar-refractivity contribution < 1.29 is 19.0 Å². The van der Waals surface area contributed by atoms with Crippen molar-refractivity contribution in [3.8, 4) is 18.1 Å². The number of ether oxygens (including phenoxy) is 3. The third-order valence-corrected chi connectivity index (χ3v) is 13.0. The van der Waals surface area contributed by atoms with E-state index in [9.17, 15) is 15.3 Å². The second-order valence-corrected chi connectivity index (χ2v) is 22.1. The average molecular weight is 791 g/mol. The van der Waals surface area contributed by atoms with Crippen LogP contribution < -0.4 is 14.5 Å². The number of piperazine rings is 1. The summed E-state index contributed by atoms with van der Waals surface area (Å²) >= 11 is 0. The largest absolute Gasteiger partial charge is 0.462 e. The van der Waals surface area contributed by atoms with E-state index < -0.39 is 14.2 Å². The monoisotopic (exact) mass is 790 g/mol. The topological polar surface area (TPSA) is 149 Å². The maximum absolute atomic E-state index is 13.4. The molecule has 0 spiro atoms. The van der Waals surface area contributed by atoms with Crippen LogP contribution in [0.15, 0.2) is 48.7 Å². The van der Waals surface area contributed by atoms with Crippen molar-refractivity contribution in [3.05, 3.63) is 71.0 Å². The number of carbonyl (C=O) groups excluding carboxylic acids is 1. The first-order valence-electron chi connectivity index (χ1n) is 20.1. The molecule has 15 heteroatoms. The van der Waals surface area contributed by atoms with Gasteiger partial charge in [-0.25, -0.2) is 9.48 Å². The van der Waals surface area contributed by atoms with Gasteiger partial charge in [-0.3, -0.25) is 4.90 Å². The minimum Gasteiger partial charge on any atom is -0.462 e. The van der Waals surface area contributed by atoms with Crippen LogP contribution >= 0.6 is 0 Å². The van der Waals surface area contributed by atoms with E-state index in [1.807, 2.05) is 41.2 Å². The molecule has 3 aliphatic heterocycles. The summed E-state index contributed by atoms with van der Waals surface area (Å²) in [5, 5.41) is 25.1. The van der Waals surface area contributed by atoms with Gasteiger partial charge in [-0.15, -0.1) is 0 Å². The quantitative estimate of drug-likeness (QED) is 0.0824. The zero-order valence-corrected chi connectivity index (χ0v) is 34.7. The standard InChI is InChI=1S/C42H54N10O4Si/c1-31-12-13-38-36(25-45-52(38)30-54-23-24-57(2,3)4)39(31)49-19-15-35-37(27-49)46-41(55-29-34-11-8-18-48(34)20-17-44)47-40(35)50-21-22-51(33(26-50)14-16-43)42(53)56-28-32-9-6-5-7-10-32/h5-7,9-10,12-13,25,33-34H,8,11,14-15,18-24,26-30H2,1-4H3/t33-,34-/m0/s1. The number of aryl methyl sites for hydroxylation is 1. The SMILES string of the molecule is Cc1ccc2c(cnn2COCC[Si](C)(C)C)c1N1CCc2c(nc(OC[C@@H]3CCCN3CC#N)nc2N2CCN(C(=O)OCc3ccccc3)[C@@H](CC#N)C2)C1. The van der Waals surface area contributed by atoms with Gasteiger partial charge in [-0.05, 0) is 56.0 Å². The fourth-order valence-corrected chi connectivity index (χ4v) is 8.89. The van der Waals surface area contributed by atoms with Gasteiger partial charge in [-0.1, -0.05) is 56.0 Å². The van der Waals surface area contributed by atoms with E-state index in [2.05, 4.69) is 65.5 Å². The normalized spacial score (nSPS) is 18.7. The molecule has 0 unspecified atom stereocenters. The third-order valence-electron chi connectivity index (χ3n) is 11.3. The number of rotatable bonds is 14. The number of amides is 1. The Balaban J connectivity index is 1.14. The molecule has 14 nitrogen and oxygen atoms in total. The molecule has 57 heavy (non-hydrogen) atoms. The summed E-state index contributed by atoms with van der Waals surface area (Å²) in [4.78, 5) is 31.9. The highest BCUT2D eigenvalue weighted by Crippen LogP contribution is 2.37. The maximum atomic E-state index is 13.4. The highest BCUT2D eigenvalue weighted by atomic mass is 28.3. The average Bonchev–Trinajstić information content (AvgIpc) is 3.84. The summed E-state index contributed by atoms with van der Waals surface area (Å²) in [5.74, 6) is 0.786. The van der Waals surface area contributed by atoms with E-state index in [0.29, 0.717) is 58.5 Å². The molecule has 0 saturated carbocycles. The van der Waals surface area contributed by atoms with Gasteiger partial charge in [0.2, 0.25) is 0 Å². The van der Waals surface area contributed by atoms with Gasteiger partial charge in [0.05, 0.1) is 60.8 Å². The Kier molecular flexibility index (Phi) is 12.6. The number of likely N-dealkylation sites (tertiary alicyclic amines) is 1. The molecule has 1 amide bonds. The Hall–Kier alpha value is -5.22. The van der Waals surface area contributed by atoms with Crippen LogP contribution in [0.5, 0.6) is 6.01 Å². The Labute approximate surface area is 336 Å². The van der Waals surface area contributed by atoms with Crippen LogP contribution in [-0.4, -0.2) is 108 Å². The van der Waals surface area contributed by atoms with Crippen molar-refractivity contribution in [3.63, 3.8) is 0 Å². The number of hydrogen-bond acceptors (Lipinski definition) is 12. The maximum Gasteiger partial charge on any atom is 0.410 e. The fourth-order valence-electron chi connectivity index (χ4n) is 8.13. The second kappa shape index (κ2) is 17.9. The molecule has 2 atom stereocenters. The predicted octanol–water partition coefficient (Wildman–Crippen LogP) is 6.12. The van der Waals surface area contributed by atoms with Gasteiger partial charge in [0.25, 0.3) is 0 Å². The Morgan fingerprint density at radius 3 is 2.61 bits per heavy atom. The number of fused-ring (bicyclic) bond motifs is 2. The summed E-state index contributed by atoms with van der Waals surface area (Å²) in [7, 11) is -1.20. The summed E-state index contributed by atoms with van der Waals surface area (Å²) in [6.45, 7) is 14.8. The van der Waals surface area contributed by atoms with Crippen LogP contribution in [0, 0.1) is 29.6 Å². The number of hydrogen-bond donors (Lipinski definition) is 0. The van der Waals surface area contributed by atoms with Crippen LogP contribution in [0.3, 0.4) is 0 Å². The highest BCUT2D eigenvalue weighted by molar-refractivity contribution is 6.76. The smallest absolute Gasteiger partial charge is 0.410 e. The summed E-state index contributed by atoms with van der Waals surface area (Å²) in [6.07, 6.45) is 4.36. The zero-order valence-electron chi connectivity index (χ0n) is 33.7. The Morgan fingerprint density at radius 1 is 0.982 bits per heavy atom. The summed E-state index contributed by atoms with van der Waals surface area (Å²) < 4.78 is 20.1. The minimum atomic E-state index is -1.20. The van der Waals surface area contributed by atoms with Gasteiger partial charge in [0.15, 0.2) is 0 Å². The Bertz CT molecular complexity index is 2110. The number of nitriles is 2. The number of aromatic nitrogens is 4. The molecule has 7 rings (SSSR count). The zero-order chi connectivity index (χ0) is 39.9. The van der Waals surface area contributed by atoms with E-state index in [1.165, 1.54) is 0 Å². The van der Waals surface area contributed by atoms with Crippen LogP contribution in [-0.2, 0) is 35.8 Å². The molecule has 2 aromatic carbocycles. The van der Waals surface area contributed by atoms with Crippen molar-refractivity contribution in [1.82, 2.24) is 29.5 Å². The number of benzene rings is 2. The highest BCUT2D eigenvalue weighted by Gasteiger charge is 2.35. The van der Waals surface area contributed by atoms with Crippen molar-refractivity contribution >= 4 is 36.6 Å². The van der Waals surface area contributed by atoms with Crippen LogP contribution in [0.2, 0.25) is 25.7 Å². The molecule has 300 valence electrons. The molecule has 3 aliphatic rings. The Morgan fingerprint density at radius 2 is 1.82 bits per heavy atom. The number of nitrogens with zero attached hydrogens (tertiary/aromatic N) is 10. The first kappa shape index (κ1) is 40.0. The minimum absolute atomic E-state index is 0.117. The van der Waals surface area contributed by atoms with Crippen LogP contribution in [0.4, 0.5) is 16.3 Å². The molecule has 5 heterocycles. The van der Waals surface area contributed by atoms with Gasteiger partial charge in [0, 0.05) is 57.9 Å². The van der Waals surface area contributed by atoms with Gasteiger partial charge >= 0.3 is 12.1 Å². The van der Waals surface area contributed by atoms with E-state index >= 15 is 0 Å². The lowest BCUT2D eigenvalue weighted by Crippen LogP contribution is -2.55. The van der Waals surface area contributed by atoms with Gasteiger partial charge in [0.1, 0.15) is 25.8 Å². The van der Waals surface area contributed by atoms with Crippen LogP contribution in [0.1, 0.15) is 41.6 Å². The van der Waals surface area contributed by atoms with E-state index in [-0.39, 0.29) is 25.1 Å². The molecule has 0 N–H and O–H groups in total. The molecule has 0 bridgehead atoms. The molecular weight excluding hydrogens is 737 g/mol. The molecule has 2 saturated heterocycles. The number of carbonyl (C=O) groups is 1. The van der Waals surface area contributed by atoms with Gasteiger partial charge < -0.3 is 28.9 Å². The lowest BCUT2D eigenvalue weighted by Gasteiger charge is -2.42. The van der Waals surface area contributed by atoms with E-state index in [1.54, 1.807) is 4.90 Å². The molecule has 2 aromatic heterocycles. The second-order valence-electron chi connectivity index (χ2n) is 16.5. The molecular formula is C42H54N10O4Si. The van der Waals surface area contributed by atoms with Crippen molar-refractivity contribution in [1.29, 1.82) is 10.5 Å². The molecule has 0 radical (unpaired) electrons. The van der Waals surface area contributed by atoms with Crippen LogP contribution in [0.25, 0.3) is 10.9 Å². The van der Waals surface area contributed by atoms with Crippen molar-refractivity contribution in [2.24, 2.45) is 0 Å². The number of anilines is 2. The predicted molar refractivity (Wildman–Crippen MR) is 221 cm³/mol. The first-order chi connectivity index (χ1) is 27.6. The van der Waals surface area contributed by atoms with E-state index in [4.69, 9.17) is 29.3 Å². The van der Waals surface area contributed by atoms with Gasteiger partial charge in [-0.2, -0.15) is 25.6 Å². The third kappa shape index (κ3) is 9.50.